The second-order valence-corrected chi connectivity index (χ2v) is 4.64. The maximum Gasteiger partial charge on any atom is 0.124 e. The smallest absolute Gasteiger partial charge is 0.124 e. The zero-order valence-corrected chi connectivity index (χ0v) is 12.0. The lowest BCUT2D eigenvalue weighted by Crippen LogP contribution is -2.14. The van der Waals surface area contributed by atoms with Crippen molar-refractivity contribution in [2.24, 2.45) is 0 Å². The van der Waals surface area contributed by atoms with Gasteiger partial charge in [-0.15, -0.1) is 0 Å². The van der Waals surface area contributed by atoms with Crippen LogP contribution in [0.25, 0.3) is 0 Å². The Kier molecular flexibility index (Phi) is 6.40. The van der Waals surface area contributed by atoms with Crippen molar-refractivity contribution in [3.05, 3.63) is 18.2 Å². The molecule has 0 radical (unpaired) electrons. The van der Waals surface area contributed by atoms with Crippen LogP contribution in [0.4, 0.5) is 5.69 Å². The zero-order valence-electron chi connectivity index (χ0n) is 12.0. The van der Waals surface area contributed by atoms with E-state index in [0.717, 1.165) is 17.2 Å². The van der Waals surface area contributed by atoms with Gasteiger partial charge in [-0.05, 0) is 13.3 Å². The molecule has 3 heteroatoms. The molecule has 0 aliphatic carbocycles. The summed E-state index contributed by atoms with van der Waals surface area (Å²) in [5.41, 5.74) is 1.05. The minimum absolute atomic E-state index is 0.466. The van der Waals surface area contributed by atoms with Crippen LogP contribution in [-0.2, 0) is 0 Å². The topological polar surface area (TPSA) is 30.5 Å². The molecule has 0 aliphatic rings. The molecule has 0 spiro atoms. The van der Waals surface area contributed by atoms with E-state index in [0.29, 0.717) is 6.04 Å². The summed E-state index contributed by atoms with van der Waals surface area (Å²) in [6.45, 7) is 4.44. The summed E-state index contributed by atoms with van der Waals surface area (Å²) in [5.74, 6) is 1.63. The molecule has 0 saturated carbocycles. The fraction of sp³-hybridized carbons (Fsp3) is 0.600. The van der Waals surface area contributed by atoms with Crippen LogP contribution < -0.4 is 14.8 Å². The van der Waals surface area contributed by atoms with Crippen molar-refractivity contribution in [2.45, 2.75) is 45.6 Å². The van der Waals surface area contributed by atoms with Gasteiger partial charge in [0.25, 0.3) is 0 Å². The lowest BCUT2D eigenvalue weighted by atomic mass is 10.1. The second kappa shape index (κ2) is 7.85. The molecule has 102 valence electrons. The molecule has 18 heavy (non-hydrogen) atoms. The maximum atomic E-state index is 5.26. The fourth-order valence-electron chi connectivity index (χ4n) is 1.95. The molecular weight excluding hydrogens is 226 g/mol. The van der Waals surface area contributed by atoms with Gasteiger partial charge in [0.1, 0.15) is 11.5 Å². The number of hydrogen-bond donors (Lipinski definition) is 1. The number of hydrogen-bond acceptors (Lipinski definition) is 3. The van der Waals surface area contributed by atoms with Crippen LogP contribution in [0.1, 0.15) is 39.5 Å². The number of nitrogens with one attached hydrogen (secondary N) is 1. The van der Waals surface area contributed by atoms with Crippen molar-refractivity contribution in [1.29, 1.82) is 0 Å². The lowest BCUT2D eigenvalue weighted by molar-refractivity contribution is 0.394. The van der Waals surface area contributed by atoms with Crippen LogP contribution in [0.5, 0.6) is 11.5 Å². The third-order valence-electron chi connectivity index (χ3n) is 3.01. The van der Waals surface area contributed by atoms with Gasteiger partial charge in [0, 0.05) is 29.9 Å². The van der Waals surface area contributed by atoms with Crippen LogP contribution in [-0.4, -0.2) is 20.3 Å². The van der Waals surface area contributed by atoms with Crippen LogP contribution >= 0.6 is 0 Å². The Labute approximate surface area is 110 Å². The highest BCUT2D eigenvalue weighted by atomic mass is 16.5. The number of benzene rings is 1. The molecule has 0 fully saturated rings. The van der Waals surface area contributed by atoms with Crippen LogP contribution in [0.3, 0.4) is 0 Å². The standard InChI is InChI=1S/C15H25NO2/c1-5-6-7-8-12(2)16-13-9-14(17-3)11-15(10-13)18-4/h9-12,16H,5-8H2,1-4H3. The van der Waals surface area contributed by atoms with Crippen molar-refractivity contribution in [2.75, 3.05) is 19.5 Å². The Balaban J connectivity index is 2.59. The molecule has 0 saturated heterocycles. The monoisotopic (exact) mass is 251 g/mol. The van der Waals surface area contributed by atoms with Gasteiger partial charge in [-0.1, -0.05) is 26.2 Å². The highest BCUT2D eigenvalue weighted by molar-refractivity contribution is 5.54. The molecule has 3 nitrogen and oxygen atoms in total. The molecule has 1 unspecified atom stereocenters. The van der Waals surface area contributed by atoms with Gasteiger partial charge in [-0.25, -0.2) is 0 Å². The number of ether oxygens (including phenoxy) is 2. The van der Waals surface area contributed by atoms with Crippen LogP contribution in [0, 0.1) is 0 Å². The Morgan fingerprint density at radius 3 is 2.17 bits per heavy atom. The Hall–Kier alpha value is -1.38. The molecule has 1 aromatic carbocycles. The van der Waals surface area contributed by atoms with Gasteiger partial charge in [0.05, 0.1) is 14.2 Å². The van der Waals surface area contributed by atoms with E-state index < -0.39 is 0 Å². The lowest BCUT2D eigenvalue weighted by Gasteiger charge is -2.16. The summed E-state index contributed by atoms with van der Waals surface area (Å²) in [7, 11) is 3.34. The maximum absolute atomic E-state index is 5.26. The van der Waals surface area contributed by atoms with Crippen LogP contribution in [0.2, 0.25) is 0 Å². The molecule has 0 bridgehead atoms. The highest BCUT2D eigenvalue weighted by Crippen LogP contribution is 2.26. The number of anilines is 1. The molecule has 0 aliphatic heterocycles. The van der Waals surface area contributed by atoms with E-state index in [1.54, 1.807) is 14.2 Å². The summed E-state index contributed by atoms with van der Waals surface area (Å²) >= 11 is 0. The summed E-state index contributed by atoms with van der Waals surface area (Å²) in [6, 6.07) is 6.35. The van der Waals surface area contributed by atoms with E-state index in [-0.39, 0.29) is 0 Å². The molecule has 1 atom stereocenters. The number of rotatable bonds is 8. The molecular formula is C15H25NO2. The summed E-state index contributed by atoms with van der Waals surface area (Å²) < 4.78 is 10.5. The fourth-order valence-corrected chi connectivity index (χ4v) is 1.95. The summed E-state index contributed by atoms with van der Waals surface area (Å²) in [6.07, 6.45) is 5.02. The second-order valence-electron chi connectivity index (χ2n) is 4.64. The SMILES string of the molecule is CCCCCC(C)Nc1cc(OC)cc(OC)c1. The van der Waals surface area contributed by atoms with Gasteiger partial charge >= 0.3 is 0 Å². The molecule has 1 N–H and O–H groups in total. The van der Waals surface area contributed by atoms with Gasteiger partial charge in [-0.2, -0.15) is 0 Å². The predicted molar refractivity (Wildman–Crippen MR) is 76.8 cm³/mol. The number of methoxy groups -OCH3 is 2. The van der Waals surface area contributed by atoms with Gasteiger partial charge in [-0.3, -0.25) is 0 Å². The summed E-state index contributed by atoms with van der Waals surface area (Å²) in [4.78, 5) is 0. The normalized spacial score (nSPS) is 12.0. The third kappa shape index (κ3) is 4.86. The largest absolute Gasteiger partial charge is 0.497 e. The van der Waals surface area contributed by atoms with Crippen molar-refractivity contribution in [3.8, 4) is 11.5 Å². The van der Waals surface area contributed by atoms with E-state index in [1.807, 2.05) is 18.2 Å². The van der Waals surface area contributed by atoms with Crippen molar-refractivity contribution < 1.29 is 9.47 Å². The van der Waals surface area contributed by atoms with E-state index in [1.165, 1.54) is 25.7 Å². The molecule has 0 amide bonds. The zero-order chi connectivity index (χ0) is 13.4. The predicted octanol–water partition coefficient (Wildman–Crippen LogP) is 4.08. The Morgan fingerprint density at radius 2 is 1.67 bits per heavy atom. The minimum Gasteiger partial charge on any atom is -0.497 e. The van der Waals surface area contributed by atoms with Crippen molar-refractivity contribution in [1.82, 2.24) is 0 Å². The Morgan fingerprint density at radius 1 is 1.06 bits per heavy atom. The average molecular weight is 251 g/mol. The quantitative estimate of drug-likeness (QED) is 0.706. The molecule has 1 aromatic rings. The number of unbranched alkanes of at least 4 members (excludes halogenated alkanes) is 2. The highest BCUT2D eigenvalue weighted by Gasteiger charge is 2.05. The third-order valence-corrected chi connectivity index (χ3v) is 3.01. The first-order valence-corrected chi connectivity index (χ1v) is 6.69. The van der Waals surface area contributed by atoms with E-state index in [4.69, 9.17) is 9.47 Å². The van der Waals surface area contributed by atoms with E-state index >= 15 is 0 Å². The minimum atomic E-state index is 0.466. The van der Waals surface area contributed by atoms with Crippen LogP contribution in [0.15, 0.2) is 18.2 Å². The van der Waals surface area contributed by atoms with E-state index in [2.05, 4.69) is 19.2 Å². The first kappa shape index (κ1) is 14.7. The molecule has 1 rings (SSSR count). The first-order valence-electron chi connectivity index (χ1n) is 6.69. The summed E-state index contributed by atoms with van der Waals surface area (Å²) in [5, 5.41) is 3.49. The van der Waals surface area contributed by atoms with Gasteiger partial charge < -0.3 is 14.8 Å². The van der Waals surface area contributed by atoms with Crippen molar-refractivity contribution in [3.63, 3.8) is 0 Å². The molecule has 0 heterocycles. The van der Waals surface area contributed by atoms with Crippen molar-refractivity contribution >= 4 is 5.69 Å². The van der Waals surface area contributed by atoms with Gasteiger partial charge in [0.2, 0.25) is 0 Å². The van der Waals surface area contributed by atoms with E-state index in [9.17, 15) is 0 Å². The molecule has 0 aromatic heterocycles. The average Bonchev–Trinajstić information content (AvgIpc) is 2.38. The Bertz CT molecular complexity index is 330. The van der Waals surface area contributed by atoms with Gasteiger partial charge in [0.15, 0.2) is 0 Å². The first-order chi connectivity index (χ1) is 8.69.